The number of H-pyrrole nitrogens is 1. The lowest BCUT2D eigenvalue weighted by molar-refractivity contribution is 0.184. The quantitative estimate of drug-likeness (QED) is 0.486. The highest BCUT2D eigenvalue weighted by Crippen LogP contribution is 2.19. The third kappa shape index (κ3) is 0.988. The molecule has 0 spiro atoms. The molecule has 1 aliphatic heterocycles. The number of anilines is 1. The van der Waals surface area contributed by atoms with Gasteiger partial charge >= 0.3 is 0 Å². The minimum atomic E-state index is -0.571. The van der Waals surface area contributed by atoms with Crippen LogP contribution in [-0.4, -0.2) is 28.0 Å². The number of nitrogens with one attached hydrogen (secondary N) is 2. The van der Waals surface area contributed by atoms with Gasteiger partial charge in [-0.3, -0.25) is 4.99 Å². The van der Waals surface area contributed by atoms with Crippen LogP contribution < -0.4 is 5.32 Å². The summed E-state index contributed by atoms with van der Waals surface area (Å²) in [6, 6.07) is 0. The molecule has 1 aliphatic rings. The zero-order valence-corrected chi connectivity index (χ0v) is 5.78. The fourth-order valence-corrected chi connectivity index (χ4v) is 1.02. The maximum Gasteiger partial charge on any atom is 0.155 e. The maximum atomic E-state index is 9.41. The molecule has 1 unspecified atom stereocenters. The minimum Gasteiger partial charge on any atom is -0.385 e. The number of aliphatic imine (C=N–C) groups is 1. The summed E-state index contributed by atoms with van der Waals surface area (Å²) in [5.41, 5.74) is 0.697. The van der Waals surface area contributed by atoms with E-state index in [2.05, 4.69) is 20.3 Å². The van der Waals surface area contributed by atoms with E-state index in [9.17, 15) is 5.11 Å². The van der Waals surface area contributed by atoms with Crippen LogP contribution >= 0.6 is 0 Å². The van der Waals surface area contributed by atoms with Gasteiger partial charge in [-0.2, -0.15) is 0 Å². The Morgan fingerprint density at radius 2 is 2.55 bits per heavy atom. The molecule has 0 radical (unpaired) electrons. The van der Waals surface area contributed by atoms with E-state index in [-0.39, 0.29) is 0 Å². The highest BCUT2D eigenvalue weighted by Gasteiger charge is 2.15. The van der Waals surface area contributed by atoms with Crippen molar-refractivity contribution in [2.24, 2.45) is 4.99 Å². The summed E-state index contributed by atoms with van der Waals surface area (Å²) in [6.07, 6.45) is 2.51. The van der Waals surface area contributed by atoms with E-state index in [0.717, 1.165) is 0 Å². The molecule has 1 aromatic heterocycles. The van der Waals surface area contributed by atoms with Crippen LogP contribution in [0.2, 0.25) is 0 Å². The Bertz CT molecular complexity index is 280. The van der Waals surface area contributed by atoms with E-state index < -0.39 is 6.10 Å². The van der Waals surface area contributed by atoms with E-state index >= 15 is 0 Å². The van der Waals surface area contributed by atoms with Crippen molar-refractivity contribution in [3.63, 3.8) is 0 Å². The molecule has 0 aromatic carbocycles. The first-order chi connectivity index (χ1) is 5.38. The van der Waals surface area contributed by atoms with Crippen LogP contribution in [0.25, 0.3) is 0 Å². The van der Waals surface area contributed by atoms with Gasteiger partial charge in [-0.15, -0.1) is 0 Å². The standard InChI is InChI=1S/C6H8N4O/c11-4-1-7-2-9-6-5(4)8-3-10-6/h2-4,11H,1H2,(H,7,9)(H,8,10). The average molecular weight is 152 g/mol. The third-order valence-corrected chi connectivity index (χ3v) is 1.57. The molecule has 11 heavy (non-hydrogen) atoms. The molecule has 0 bridgehead atoms. The highest BCUT2D eigenvalue weighted by atomic mass is 16.3. The van der Waals surface area contributed by atoms with Crippen molar-refractivity contribution in [3.05, 3.63) is 12.0 Å². The molecule has 58 valence electrons. The van der Waals surface area contributed by atoms with Gasteiger partial charge in [0.15, 0.2) is 5.82 Å². The van der Waals surface area contributed by atoms with Crippen molar-refractivity contribution in [1.29, 1.82) is 0 Å². The normalized spacial score (nSPS) is 22.1. The monoisotopic (exact) mass is 152 g/mol. The van der Waals surface area contributed by atoms with Gasteiger partial charge in [0.1, 0.15) is 6.10 Å². The lowest BCUT2D eigenvalue weighted by atomic mass is 10.2. The molecule has 0 fully saturated rings. The molecule has 1 atom stereocenters. The molecule has 0 aliphatic carbocycles. The van der Waals surface area contributed by atoms with E-state index in [0.29, 0.717) is 18.1 Å². The van der Waals surface area contributed by atoms with Gasteiger partial charge < -0.3 is 15.4 Å². The zero-order chi connectivity index (χ0) is 7.68. The molecule has 5 heteroatoms. The number of aliphatic hydroxyl groups is 1. The third-order valence-electron chi connectivity index (χ3n) is 1.57. The Hall–Kier alpha value is -1.36. The zero-order valence-electron chi connectivity index (χ0n) is 5.78. The maximum absolute atomic E-state index is 9.41. The summed E-state index contributed by atoms with van der Waals surface area (Å²) in [6.45, 7) is 0.377. The summed E-state index contributed by atoms with van der Waals surface area (Å²) < 4.78 is 0. The van der Waals surface area contributed by atoms with Crippen molar-refractivity contribution in [2.75, 3.05) is 11.9 Å². The minimum absolute atomic E-state index is 0.377. The Kier molecular flexibility index (Phi) is 1.36. The lowest BCUT2D eigenvalue weighted by Crippen LogP contribution is -2.01. The van der Waals surface area contributed by atoms with Crippen LogP contribution in [0.3, 0.4) is 0 Å². The lowest BCUT2D eigenvalue weighted by Gasteiger charge is -2.02. The number of rotatable bonds is 0. The van der Waals surface area contributed by atoms with Crippen LogP contribution in [-0.2, 0) is 0 Å². The fraction of sp³-hybridized carbons (Fsp3) is 0.333. The Morgan fingerprint density at radius 3 is 3.45 bits per heavy atom. The first kappa shape index (κ1) is 6.36. The molecule has 0 amide bonds. The van der Waals surface area contributed by atoms with Crippen LogP contribution in [0, 0.1) is 0 Å². The van der Waals surface area contributed by atoms with E-state index in [1.807, 2.05) is 0 Å². The van der Waals surface area contributed by atoms with Gasteiger partial charge in [-0.05, 0) is 0 Å². The average Bonchev–Trinajstić information content (AvgIpc) is 2.40. The number of aromatic amines is 1. The highest BCUT2D eigenvalue weighted by molar-refractivity contribution is 5.75. The molecule has 2 rings (SSSR count). The smallest absolute Gasteiger partial charge is 0.155 e. The summed E-state index contributed by atoms with van der Waals surface area (Å²) in [5, 5.41) is 12.2. The summed E-state index contributed by atoms with van der Waals surface area (Å²) >= 11 is 0. The van der Waals surface area contributed by atoms with Crippen molar-refractivity contribution < 1.29 is 5.11 Å². The van der Waals surface area contributed by atoms with E-state index in [1.165, 1.54) is 6.34 Å². The number of nitrogens with zero attached hydrogens (tertiary/aromatic N) is 2. The summed E-state index contributed by atoms with van der Waals surface area (Å²) in [5.74, 6) is 0.652. The van der Waals surface area contributed by atoms with Crippen molar-refractivity contribution >= 4 is 12.2 Å². The van der Waals surface area contributed by atoms with Crippen molar-refractivity contribution in [3.8, 4) is 0 Å². The van der Waals surface area contributed by atoms with Crippen LogP contribution in [0.1, 0.15) is 11.8 Å². The van der Waals surface area contributed by atoms with Gasteiger partial charge in [-0.1, -0.05) is 0 Å². The van der Waals surface area contributed by atoms with Crippen molar-refractivity contribution in [2.45, 2.75) is 6.10 Å². The van der Waals surface area contributed by atoms with E-state index in [1.54, 1.807) is 6.33 Å². The molecular formula is C6H8N4O. The second-order valence-corrected chi connectivity index (χ2v) is 2.32. The molecular weight excluding hydrogens is 144 g/mol. The molecule has 0 saturated heterocycles. The molecule has 1 aromatic rings. The summed E-state index contributed by atoms with van der Waals surface area (Å²) in [7, 11) is 0. The van der Waals surface area contributed by atoms with Gasteiger partial charge in [0, 0.05) is 0 Å². The first-order valence-corrected chi connectivity index (χ1v) is 3.34. The van der Waals surface area contributed by atoms with Gasteiger partial charge in [0.2, 0.25) is 0 Å². The van der Waals surface area contributed by atoms with Crippen molar-refractivity contribution in [1.82, 2.24) is 9.97 Å². The van der Waals surface area contributed by atoms with Gasteiger partial charge in [0.25, 0.3) is 0 Å². The first-order valence-electron chi connectivity index (χ1n) is 3.34. The van der Waals surface area contributed by atoms with Crippen LogP contribution in [0.5, 0.6) is 0 Å². The fourth-order valence-electron chi connectivity index (χ4n) is 1.02. The topological polar surface area (TPSA) is 73.3 Å². The number of imidazole rings is 1. The molecule has 0 saturated carbocycles. The predicted molar refractivity (Wildman–Crippen MR) is 40.5 cm³/mol. The SMILES string of the molecule is OC1CN=CNc2nc[nH]c21. The number of fused-ring (bicyclic) bond motifs is 1. The Balaban J connectivity index is 2.41. The number of aliphatic hydroxyl groups excluding tert-OH is 1. The van der Waals surface area contributed by atoms with Crippen LogP contribution in [0.15, 0.2) is 11.3 Å². The molecule has 3 N–H and O–H groups in total. The van der Waals surface area contributed by atoms with Crippen LogP contribution in [0.4, 0.5) is 5.82 Å². The molecule has 5 nitrogen and oxygen atoms in total. The predicted octanol–water partition coefficient (Wildman–Crippen LogP) is -0.103. The largest absolute Gasteiger partial charge is 0.385 e. The molecule has 2 heterocycles. The number of hydrogen-bond donors (Lipinski definition) is 3. The number of hydrogen-bond acceptors (Lipinski definition) is 4. The second-order valence-electron chi connectivity index (χ2n) is 2.32. The summed E-state index contributed by atoms with van der Waals surface area (Å²) in [4.78, 5) is 10.7. The Labute approximate surface area is 63.2 Å². The number of aromatic nitrogens is 2. The second kappa shape index (κ2) is 2.35. The van der Waals surface area contributed by atoms with Gasteiger partial charge in [0.05, 0.1) is 24.9 Å². The van der Waals surface area contributed by atoms with E-state index in [4.69, 9.17) is 0 Å². The Morgan fingerprint density at radius 1 is 1.64 bits per heavy atom. The van der Waals surface area contributed by atoms with Gasteiger partial charge in [-0.25, -0.2) is 4.98 Å².